The Balaban J connectivity index is 1.45. The summed E-state index contributed by atoms with van der Waals surface area (Å²) in [5, 5.41) is 10.9. The van der Waals surface area contributed by atoms with Gasteiger partial charge in [0.2, 0.25) is 0 Å². The lowest BCUT2D eigenvalue weighted by Gasteiger charge is -2.22. The third-order valence-electron chi connectivity index (χ3n) is 4.65. The summed E-state index contributed by atoms with van der Waals surface area (Å²) in [7, 11) is 0. The first-order chi connectivity index (χ1) is 12.8. The number of anilines is 1. The van der Waals surface area contributed by atoms with E-state index in [1.807, 2.05) is 43.3 Å². The summed E-state index contributed by atoms with van der Waals surface area (Å²) < 4.78 is 5.45. The lowest BCUT2D eigenvalue weighted by molar-refractivity contribution is 0.390. The molecule has 0 aliphatic carbocycles. The Labute approximate surface area is 153 Å². The molecule has 2 N–H and O–H groups in total. The molecule has 2 aromatic heterocycles. The predicted molar refractivity (Wildman–Crippen MR) is 101 cm³/mol. The quantitative estimate of drug-likeness (QED) is 0.734. The van der Waals surface area contributed by atoms with Gasteiger partial charge in [-0.15, -0.1) is 0 Å². The fourth-order valence-electron chi connectivity index (χ4n) is 3.31. The van der Waals surface area contributed by atoms with E-state index in [2.05, 4.69) is 31.8 Å². The molecule has 134 valence electrons. The summed E-state index contributed by atoms with van der Waals surface area (Å²) in [4.78, 5) is 9.13. The van der Waals surface area contributed by atoms with Crippen molar-refractivity contribution in [2.45, 2.75) is 32.2 Å². The normalized spacial score (nSPS) is 17.2. The molecule has 26 heavy (non-hydrogen) atoms. The molecule has 1 aliphatic heterocycles. The third kappa shape index (κ3) is 3.91. The standard InChI is InChI=1S/C20H23N5O/c1-14-23-18(16-8-5-9-21-12-16)11-20(24-14)22-13-17-10-19(25-26-17)15-6-3-2-4-7-15/h2-4,6-7,10-11,16,21H,5,8-9,12-13H2,1H3,(H,22,23,24)/t16-/m1/s1. The fraction of sp³-hybridized carbons (Fsp3) is 0.350. The molecule has 0 spiro atoms. The number of piperidine rings is 1. The van der Waals surface area contributed by atoms with Crippen LogP contribution in [0, 0.1) is 6.92 Å². The first-order valence-electron chi connectivity index (χ1n) is 9.09. The van der Waals surface area contributed by atoms with Crippen molar-refractivity contribution in [3.8, 4) is 11.3 Å². The van der Waals surface area contributed by atoms with Gasteiger partial charge in [0.05, 0.1) is 12.2 Å². The highest BCUT2D eigenvalue weighted by molar-refractivity contribution is 5.58. The van der Waals surface area contributed by atoms with Crippen LogP contribution < -0.4 is 10.6 Å². The molecule has 1 fully saturated rings. The molecule has 1 aromatic carbocycles. The van der Waals surface area contributed by atoms with Crippen molar-refractivity contribution in [1.29, 1.82) is 0 Å². The van der Waals surface area contributed by atoms with Gasteiger partial charge in [0.25, 0.3) is 0 Å². The minimum Gasteiger partial charge on any atom is -0.363 e. The van der Waals surface area contributed by atoms with E-state index in [0.29, 0.717) is 12.5 Å². The van der Waals surface area contributed by atoms with Gasteiger partial charge in [-0.2, -0.15) is 0 Å². The molecule has 0 amide bonds. The second kappa shape index (κ2) is 7.66. The lowest BCUT2D eigenvalue weighted by atomic mass is 9.96. The highest BCUT2D eigenvalue weighted by atomic mass is 16.5. The average Bonchev–Trinajstić information content (AvgIpc) is 3.16. The first-order valence-corrected chi connectivity index (χ1v) is 9.09. The Bertz CT molecular complexity index is 856. The van der Waals surface area contributed by atoms with Crippen molar-refractivity contribution in [3.63, 3.8) is 0 Å². The van der Waals surface area contributed by atoms with Gasteiger partial charge in [0.15, 0.2) is 5.76 Å². The molecular weight excluding hydrogens is 326 g/mol. The fourth-order valence-corrected chi connectivity index (χ4v) is 3.31. The topological polar surface area (TPSA) is 75.9 Å². The molecule has 1 aliphatic rings. The van der Waals surface area contributed by atoms with E-state index in [9.17, 15) is 0 Å². The van der Waals surface area contributed by atoms with Gasteiger partial charge in [-0.25, -0.2) is 9.97 Å². The monoisotopic (exact) mass is 349 g/mol. The Hall–Kier alpha value is -2.73. The third-order valence-corrected chi connectivity index (χ3v) is 4.65. The molecule has 0 saturated carbocycles. The minimum atomic E-state index is 0.459. The zero-order chi connectivity index (χ0) is 17.8. The van der Waals surface area contributed by atoms with Gasteiger partial charge in [-0.05, 0) is 26.3 Å². The zero-order valence-electron chi connectivity index (χ0n) is 14.9. The summed E-state index contributed by atoms with van der Waals surface area (Å²) in [5.41, 5.74) is 3.00. The largest absolute Gasteiger partial charge is 0.363 e. The van der Waals surface area contributed by atoms with Crippen LogP contribution in [0.1, 0.15) is 36.0 Å². The summed E-state index contributed by atoms with van der Waals surface area (Å²) >= 11 is 0. The maximum Gasteiger partial charge on any atom is 0.156 e. The van der Waals surface area contributed by atoms with Crippen LogP contribution in [-0.4, -0.2) is 28.2 Å². The van der Waals surface area contributed by atoms with Crippen molar-refractivity contribution in [2.75, 3.05) is 18.4 Å². The van der Waals surface area contributed by atoms with E-state index >= 15 is 0 Å². The number of nitrogens with one attached hydrogen (secondary N) is 2. The molecule has 0 bridgehead atoms. The van der Waals surface area contributed by atoms with E-state index in [1.54, 1.807) is 0 Å². The second-order valence-electron chi connectivity index (χ2n) is 6.67. The van der Waals surface area contributed by atoms with E-state index in [0.717, 1.165) is 47.4 Å². The number of aromatic nitrogens is 3. The van der Waals surface area contributed by atoms with Gasteiger partial charge >= 0.3 is 0 Å². The molecule has 3 heterocycles. The molecule has 0 radical (unpaired) electrons. The average molecular weight is 349 g/mol. The van der Waals surface area contributed by atoms with Gasteiger partial charge in [0, 0.05) is 30.2 Å². The van der Waals surface area contributed by atoms with Crippen LogP contribution in [-0.2, 0) is 6.54 Å². The number of aryl methyl sites for hydroxylation is 1. The lowest BCUT2D eigenvalue weighted by Crippen LogP contribution is -2.29. The van der Waals surface area contributed by atoms with Crippen LogP contribution >= 0.6 is 0 Å². The predicted octanol–water partition coefficient (Wildman–Crippen LogP) is 3.52. The zero-order valence-corrected chi connectivity index (χ0v) is 14.9. The Morgan fingerprint density at radius 1 is 1.19 bits per heavy atom. The number of hydrogen-bond donors (Lipinski definition) is 2. The van der Waals surface area contributed by atoms with Crippen LogP contribution in [0.5, 0.6) is 0 Å². The van der Waals surface area contributed by atoms with Gasteiger partial charge in [-0.3, -0.25) is 0 Å². The van der Waals surface area contributed by atoms with E-state index in [4.69, 9.17) is 4.52 Å². The molecular formula is C20H23N5O. The van der Waals surface area contributed by atoms with Crippen molar-refractivity contribution >= 4 is 5.82 Å². The molecule has 3 aromatic rings. The summed E-state index contributed by atoms with van der Waals surface area (Å²) in [6, 6.07) is 14.0. The molecule has 1 atom stereocenters. The minimum absolute atomic E-state index is 0.459. The number of nitrogens with zero attached hydrogens (tertiary/aromatic N) is 3. The smallest absolute Gasteiger partial charge is 0.156 e. The van der Waals surface area contributed by atoms with Crippen LogP contribution in [0.25, 0.3) is 11.3 Å². The Morgan fingerprint density at radius 3 is 2.88 bits per heavy atom. The second-order valence-corrected chi connectivity index (χ2v) is 6.67. The molecule has 4 rings (SSSR count). The van der Waals surface area contributed by atoms with Gasteiger partial charge in [0.1, 0.15) is 17.3 Å². The van der Waals surface area contributed by atoms with Gasteiger partial charge in [-0.1, -0.05) is 35.5 Å². The van der Waals surface area contributed by atoms with Crippen LogP contribution in [0.4, 0.5) is 5.82 Å². The van der Waals surface area contributed by atoms with E-state index < -0.39 is 0 Å². The van der Waals surface area contributed by atoms with E-state index in [-0.39, 0.29) is 0 Å². The van der Waals surface area contributed by atoms with Crippen molar-refractivity contribution < 1.29 is 4.52 Å². The van der Waals surface area contributed by atoms with E-state index in [1.165, 1.54) is 12.8 Å². The molecule has 0 unspecified atom stereocenters. The van der Waals surface area contributed by atoms with Crippen molar-refractivity contribution in [2.24, 2.45) is 0 Å². The van der Waals surface area contributed by atoms with Crippen LogP contribution in [0.3, 0.4) is 0 Å². The highest BCUT2D eigenvalue weighted by Gasteiger charge is 2.18. The van der Waals surface area contributed by atoms with Crippen LogP contribution in [0.15, 0.2) is 47.0 Å². The number of rotatable bonds is 5. The highest BCUT2D eigenvalue weighted by Crippen LogP contribution is 2.24. The molecule has 6 nitrogen and oxygen atoms in total. The summed E-state index contributed by atoms with van der Waals surface area (Å²) in [5.74, 6) is 2.86. The SMILES string of the molecule is Cc1nc(NCc2cc(-c3ccccc3)no2)cc([C@@H]2CCCNC2)n1. The number of hydrogen-bond acceptors (Lipinski definition) is 6. The van der Waals surface area contributed by atoms with Crippen molar-refractivity contribution in [3.05, 3.63) is 59.7 Å². The van der Waals surface area contributed by atoms with Crippen molar-refractivity contribution in [1.82, 2.24) is 20.4 Å². The summed E-state index contributed by atoms with van der Waals surface area (Å²) in [6.07, 6.45) is 2.36. The van der Waals surface area contributed by atoms with Gasteiger partial charge < -0.3 is 15.2 Å². The molecule has 6 heteroatoms. The summed E-state index contributed by atoms with van der Waals surface area (Å²) in [6.45, 7) is 4.56. The maximum absolute atomic E-state index is 5.45. The number of benzene rings is 1. The molecule has 1 saturated heterocycles. The Morgan fingerprint density at radius 2 is 2.08 bits per heavy atom. The maximum atomic E-state index is 5.45. The first kappa shape index (κ1) is 16.7. The van der Waals surface area contributed by atoms with Crippen LogP contribution in [0.2, 0.25) is 0 Å². The Kier molecular flexibility index (Phi) is 4.93.